The summed E-state index contributed by atoms with van der Waals surface area (Å²) in [4.78, 5) is 0. The minimum absolute atomic E-state index is 0.170. The summed E-state index contributed by atoms with van der Waals surface area (Å²) in [7, 11) is 0. The Kier molecular flexibility index (Phi) is 5.23. The molecule has 0 radical (unpaired) electrons. The minimum atomic E-state index is -0.208. The molecule has 1 atom stereocenters. The van der Waals surface area contributed by atoms with E-state index in [1.807, 2.05) is 69.3 Å². The zero-order valence-electron chi connectivity index (χ0n) is 12.9. The van der Waals surface area contributed by atoms with Gasteiger partial charge in [-0.15, -0.1) is 0 Å². The van der Waals surface area contributed by atoms with E-state index in [-0.39, 0.29) is 12.1 Å². The fourth-order valence-corrected chi connectivity index (χ4v) is 2.23. The van der Waals surface area contributed by atoms with E-state index in [9.17, 15) is 0 Å². The predicted molar refractivity (Wildman–Crippen MR) is 85.8 cm³/mol. The molecule has 0 aliphatic heterocycles. The van der Waals surface area contributed by atoms with Gasteiger partial charge in [0.15, 0.2) is 0 Å². The first-order valence-corrected chi connectivity index (χ1v) is 7.35. The van der Waals surface area contributed by atoms with Crippen LogP contribution in [0, 0.1) is 0 Å². The van der Waals surface area contributed by atoms with Gasteiger partial charge in [0.25, 0.3) is 0 Å². The third kappa shape index (κ3) is 3.99. The standard InChI is InChI=1S/C18H23NO2/c1-4-20-17-8-6-5-7-16(17)18(19)14-9-11-15(12-10-14)21-13(2)3/h5-13,18H,4,19H2,1-3H3. The Hall–Kier alpha value is -2.00. The van der Waals surface area contributed by atoms with Crippen LogP contribution in [0.3, 0.4) is 0 Å². The van der Waals surface area contributed by atoms with E-state index in [2.05, 4.69) is 0 Å². The maximum absolute atomic E-state index is 6.38. The average molecular weight is 285 g/mol. The monoisotopic (exact) mass is 285 g/mol. The van der Waals surface area contributed by atoms with Crippen LogP contribution in [0.4, 0.5) is 0 Å². The molecule has 0 heterocycles. The van der Waals surface area contributed by atoms with Crippen LogP contribution in [0.5, 0.6) is 11.5 Å². The second kappa shape index (κ2) is 7.14. The zero-order valence-corrected chi connectivity index (χ0v) is 12.9. The Morgan fingerprint density at radius 1 is 1.00 bits per heavy atom. The molecule has 0 fully saturated rings. The van der Waals surface area contributed by atoms with Gasteiger partial charge in [0.2, 0.25) is 0 Å². The summed E-state index contributed by atoms with van der Waals surface area (Å²) in [6.07, 6.45) is 0.170. The lowest BCUT2D eigenvalue weighted by atomic mass is 9.98. The Bertz CT molecular complexity index is 564. The van der Waals surface area contributed by atoms with Crippen LogP contribution in [0.25, 0.3) is 0 Å². The van der Waals surface area contributed by atoms with Gasteiger partial charge >= 0.3 is 0 Å². The highest BCUT2D eigenvalue weighted by atomic mass is 16.5. The van der Waals surface area contributed by atoms with Gasteiger partial charge in [-0.05, 0) is 44.5 Å². The Balaban J connectivity index is 2.21. The number of nitrogens with two attached hydrogens (primary N) is 1. The third-order valence-corrected chi connectivity index (χ3v) is 3.16. The fourth-order valence-electron chi connectivity index (χ4n) is 2.23. The maximum Gasteiger partial charge on any atom is 0.124 e. The SMILES string of the molecule is CCOc1ccccc1C(N)c1ccc(OC(C)C)cc1. The topological polar surface area (TPSA) is 44.5 Å². The van der Waals surface area contributed by atoms with Crippen molar-refractivity contribution in [1.29, 1.82) is 0 Å². The van der Waals surface area contributed by atoms with E-state index in [1.54, 1.807) is 0 Å². The first-order chi connectivity index (χ1) is 10.1. The van der Waals surface area contributed by atoms with Crippen molar-refractivity contribution in [3.8, 4) is 11.5 Å². The van der Waals surface area contributed by atoms with Gasteiger partial charge in [-0.25, -0.2) is 0 Å². The molecule has 2 aromatic rings. The summed E-state index contributed by atoms with van der Waals surface area (Å²) >= 11 is 0. The molecular formula is C18H23NO2. The van der Waals surface area contributed by atoms with E-state index in [0.717, 1.165) is 22.6 Å². The highest BCUT2D eigenvalue weighted by molar-refractivity contribution is 5.42. The molecule has 0 spiro atoms. The molecular weight excluding hydrogens is 262 g/mol. The predicted octanol–water partition coefficient (Wildman–Crippen LogP) is 3.92. The summed E-state index contributed by atoms with van der Waals surface area (Å²) in [5.41, 5.74) is 8.42. The first-order valence-electron chi connectivity index (χ1n) is 7.35. The van der Waals surface area contributed by atoms with Crippen molar-refractivity contribution < 1.29 is 9.47 Å². The number of hydrogen-bond acceptors (Lipinski definition) is 3. The van der Waals surface area contributed by atoms with Crippen LogP contribution < -0.4 is 15.2 Å². The second-order valence-corrected chi connectivity index (χ2v) is 5.18. The Labute approximate surface area is 126 Å². The first kappa shape index (κ1) is 15.4. The normalized spacial score (nSPS) is 12.2. The molecule has 0 amide bonds. The van der Waals surface area contributed by atoms with Crippen molar-refractivity contribution in [3.05, 3.63) is 59.7 Å². The molecule has 2 N–H and O–H groups in total. The van der Waals surface area contributed by atoms with Gasteiger partial charge in [-0.2, -0.15) is 0 Å². The highest BCUT2D eigenvalue weighted by Crippen LogP contribution is 2.29. The van der Waals surface area contributed by atoms with E-state index >= 15 is 0 Å². The lowest BCUT2D eigenvalue weighted by molar-refractivity contribution is 0.242. The van der Waals surface area contributed by atoms with E-state index < -0.39 is 0 Å². The van der Waals surface area contributed by atoms with Crippen molar-refractivity contribution in [2.24, 2.45) is 5.73 Å². The molecule has 0 saturated carbocycles. The average Bonchev–Trinajstić information content (AvgIpc) is 2.48. The molecule has 0 saturated heterocycles. The van der Waals surface area contributed by atoms with Crippen LogP contribution in [0.15, 0.2) is 48.5 Å². The van der Waals surface area contributed by atoms with Gasteiger partial charge in [0, 0.05) is 5.56 Å². The number of hydrogen-bond donors (Lipinski definition) is 1. The molecule has 3 nitrogen and oxygen atoms in total. The largest absolute Gasteiger partial charge is 0.494 e. The van der Waals surface area contributed by atoms with Crippen LogP contribution in [-0.4, -0.2) is 12.7 Å². The smallest absolute Gasteiger partial charge is 0.124 e. The lowest BCUT2D eigenvalue weighted by Gasteiger charge is -2.17. The summed E-state index contributed by atoms with van der Waals surface area (Å²) in [6.45, 7) is 6.63. The molecule has 112 valence electrons. The quantitative estimate of drug-likeness (QED) is 0.875. The molecule has 0 bridgehead atoms. The minimum Gasteiger partial charge on any atom is -0.494 e. The summed E-state index contributed by atoms with van der Waals surface area (Å²) < 4.78 is 11.3. The molecule has 0 aromatic heterocycles. The highest BCUT2D eigenvalue weighted by Gasteiger charge is 2.14. The van der Waals surface area contributed by atoms with E-state index in [0.29, 0.717) is 6.61 Å². The van der Waals surface area contributed by atoms with Crippen molar-refractivity contribution in [2.75, 3.05) is 6.61 Å². The zero-order chi connectivity index (χ0) is 15.2. The van der Waals surface area contributed by atoms with Crippen LogP contribution in [0.1, 0.15) is 37.9 Å². The van der Waals surface area contributed by atoms with E-state index in [4.69, 9.17) is 15.2 Å². The number of rotatable bonds is 6. The van der Waals surface area contributed by atoms with Gasteiger partial charge < -0.3 is 15.2 Å². The Morgan fingerprint density at radius 2 is 1.67 bits per heavy atom. The van der Waals surface area contributed by atoms with Crippen molar-refractivity contribution in [1.82, 2.24) is 0 Å². The number of benzene rings is 2. The third-order valence-electron chi connectivity index (χ3n) is 3.16. The molecule has 21 heavy (non-hydrogen) atoms. The van der Waals surface area contributed by atoms with Crippen molar-refractivity contribution in [3.63, 3.8) is 0 Å². The summed E-state index contributed by atoms with van der Waals surface area (Å²) in [6, 6.07) is 15.6. The Morgan fingerprint density at radius 3 is 2.29 bits per heavy atom. The van der Waals surface area contributed by atoms with Crippen LogP contribution in [0.2, 0.25) is 0 Å². The number of para-hydroxylation sites is 1. The van der Waals surface area contributed by atoms with Gasteiger partial charge in [-0.3, -0.25) is 0 Å². The summed E-state index contributed by atoms with van der Waals surface area (Å²) in [5, 5.41) is 0. The molecule has 1 unspecified atom stereocenters. The fraction of sp³-hybridized carbons (Fsp3) is 0.333. The van der Waals surface area contributed by atoms with Crippen LogP contribution >= 0.6 is 0 Å². The van der Waals surface area contributed by atoms with Crippen molar-refractivity contribution >= 4 is 0 Å². The lowest BCUT2D eigenvalue weighted by Crippen LogP contribution is -2.13. The van der Waals surface area contributed by atoms with Crippen LogP contribution in [-0.2, 0) is 0 Å². The van der Waals surface area contributed by atoms with Gasteiger partial charge in [0.05, 0.1) is 18.8 Å². The molecule has 0 aliphatic rings. The summed E-state index contributed by atoms with van der Waals surface area (Å²) in [5.74, 6) is 1.70. The second-order valence-electron chi connectivity index (χ2n) is 5.18. The van der Waals surface area contributed by atoms with Gasteiger partial charge in [-0.1, -0.05) is 30.3 Å². The van der Waals surface area contributed by atoms with Gasteiger partial charge in [0.1, 0.15) is 11.5 Å². The molecule has 3 heteroatoms. The molecule has 2 rings (SSSR count). The number of ether oxygens (including phenoxy) is 2. The molecule has 2 aromatic carbocycles. The van der Waals surface area contributed by atoms with Crippen molar-refractivity contribution in [2.45, 2.75) is 32.9 Å². The maximum atomic E-state index is 6.38. The van der Waals surface area contributed by atoms with E-state index in [1.165, 1.54) is 0 Å². The molecule has 0 aliphatic carbocycles.